The zero-order valence-corrected chi connectivity index (χ0v) is 12.0. The summed E-state index contributed by atoms with van der Waals surface area (Å²) in [7, 11) is 0. The Morgan fingerprint density at radius 3 is 2.90 bits per heavy atom. The molecule has 1 aromatic rings. The molecule has 2 aliphatic heterocycles. The molecule has 0 atom stereocenters. The summed E-state index contributed by atoms with van der Waals surface area (Å²) in [6.45, 7) is 0. The molecule has 3 aliphatic rings. The number of aryl methyl sites for hydroxylation is 1. The van der Waals surface area contributed by atoms with Gasteiger partial charge in [-0.3, -0.25) is 9.89 Å². The maximum Gasteiger partial charge on any atom is 0.301 e. The van der Waals surface area contributed by atoms with Crippen molar-refractivity contribution in [2.75, 3.05) is 0 Å². The third-order valence-electron chi connectivity index (χ3n) is 3.93. The molecule has 0 fully saturated rings. The fourth-order valence-corrected chi connectivity index (χ4v) is 3.08. The van der Waals surface area contributed by atoms with Gasteiger partial charge in [-0.25, -0.2) is 0 Å². The molecule has 0 saturated heterocycles. The summed E-state index contributed by atoms with van der Waals surface area (Å²) in [6, 6.07) is 7.12. The van der Waals surface area contributed by atoms with Crippen LogP contribution >= 0.6 is 11.6 Å². The average molecular weight is 301 g/mol. The van der Waals surface area contributed by atoms with Crippen LogP contribution in [0.4, 0.5) is 0 Å². The first kappa shape index (κ1) is 12.6. The monoisotopic (exact) mass is 300 g/mol. The van der Waals surface area contributed by atoms with Gasteiger partial charge >= 0.3 is 5.56 Å². The highest BCUT2D eigenvalue weighted by atomic mass is 35.5. The highest BCUT2D eigenvalue weighted by Crippen LogP contribution is 2.27. The van der Waals surface area contributed by atoms with Crippen molar-refractivity contribution >= 4 is 11.6 Å². The maximum atomic E-state index is 12.5. The lowest BCUT2D eigenvalue weighted by Gasteiger charge is -2.16. The molecule has 0 saturated carbocycles. The maximum absolute atomic E-state index is 12.5. The molecule has 21 heavy (non-hydrogen) atoms. The molecule has 0 bridgehead atoms. The van der Waals surface area contributed by atoms with Crippen LogP contribution in [0.25, 0.3) is 17.1 Å². The van der Waals surface area contributed by atoms with E-state index < -0.39 is 0 Å². The number of nitrogens with one attached hydrogen (secondary N) is 1. The standard InChI is InChI=1S/C15H13ClN4O/c16-9-4-3-5-10(8-9)20-15(21)14-13(19-20)11-6-1-2-7-12(11)17-18-14/h3-5,8,17H,1-2,6-7H2. The topological polar surface area (TPSA) is 63.6 Å². The van der Waals surface area contributed by atoms with Crippen LogP contribution in [0.3, 0.4) is 0 Å². The first-order valence-corrected chi connectivity index (χ1v) is 7.37. The molecular formula is C15H13ClN4O. The van der Waals surface area contributed by atoms with Crippen molar-refractivity contribution in [3.8, 4) is 17.1 Å². The Morgan fingerprint density at radius 2 is 2.05 bits per heavy atom. The van der Waals surface area contributed by atoms with E-state index in [-0.39, 0.29) is 5.56 Å². The molecule has 2 heterocycles. The molecule has 0 unspecified atom stereocenters. The molecule has 4 rings (SSSR count). The van der Waals surface area contributed by atoms with E-state index in [2.05, 4.69) is 15.3 Å². The molecule has 1 N–H and O–H groups in total. The SMILES string of the molecule is O=c1c2n[nH]c3c(c-2nn1-c1cccc(Cl)c1)CCCC3. The van der Waals surface area contributed by atoms with E-state index in [1.165, 1.54) is 4.68 Å². The van der Waals surface area contributed by atoms with E-state index in [1.807, 2.05) is 6.07 Å². The fraction of sp³-hybridized carbons (Fsp3) is 0.267. The second-order valence-corrected chi connectivity index (χ2v) is 5.72. The van der Waals surface area contributed by atoms with Gasteiger partial charge in [0.1, 0.15) is 5.69 Å². The number of fused-ring (bicyclic) bond motifs is 3. The number of H-pyrrole nitrogens is 1. The number of hydrogen-bond donors (Lipinski definition) is 1. The quantitative estimate of drug-likeness (QED) is 0.751. The molecule has 1 aromatic carbocycles. The third-order valence-corrected chi connectivity index (χ3v) is 4.16. The van der Waals surface area contributed by atoms with Crippen LogP contribution in [0.15, 0.2) is 29.1 Å². The molecule has 0 radical (unpaired) electrons. The van der Waals surface area contributed by atoms with Crippen molar-refractivity contribution in [1.82, 2.24) is 20.0 Å². The van der Waals surface area contributed by atoms with Crippen molar-refractivity contribution in [2.24, 2.45) is 0 Å². The number of aromatic amines is 1. The van der Waals surface area contributed by atoms with Crippen LogP contribution in [0, 0.1) is 0 Å². The number of rotatable bonds is 1. The van der Waals surface area contributed by atoms with Gasteiger partial charge in [0.2, 0.25) is 0 Å². The number of halogens is 1. The molecule has 0 spiro atoms. The minimum atomic E-state index is -0.211. The van der Waals surface area contributed by atoms with Crippen LogP contribution < -0.4 is 5.56 Å². The van der Waals surface area contributed by atoms with Crippen molar-refractivity contribution in [3.63, 3.8) is 0 Å². The van der Waals surface area contributed by atoms with Crippen molar-refractivity contribution in [2.45, 2.75) is 25.7 Å². The minimum Gasteiger partial charge on any atom is -0.281 e. The van der Waals surface area contributed by atoms with Crippen LogP contribution in [-0.2, 0) is 12.8 Å². The largest absolute Gasteiger partial charge is 0.301 e. The Hall–Kier alpha value is -2.14. The summed E-state index contributed by atoms with van der Waals surface area (Å²) in [5.41, 5.74) is 3.80. The molecule has 0 aromatic heterocycles. The van der Waals surface area contributed by atoms with Crippen molar-refractivity contribution in [1.29, 1.82) is 0 Å². The lowest BCUT2D eigenvalue weighted by molar-refractivity contribution is 0.653. The number of aromatic nitrogens is 4. The van der Waals surface area contributed by atoms with E-state index in [9.17, 15) is 4.79 Å². The summed E-state index contributed by atoms with van der Waals surface area (Å²) < 4.78 is 1.38. The second kappa shape index (κ2) is 4.70. The van der Waals surface area contributed by atoms with E-state index in [0.29, 0.717) is 22.1 Å². The Labute approximate surface area is 125 Å². The summed E-state index contributed by atoms with van der Waals surface area (Å²) in [5.74, 6) is 0. The Balaban J connectivity index is 1.98. The molecule has 5 nitrogen and oxygen atoms in total. The lowest BCUT2D eigenvalue weighted by Crippen LogP contribution is -2.16. The molecule has 6 heteroatoms. The van der Waals surface area contributed by atoms with E-state index in [4.69, 9.17) is 11.6 Å². The first-order chi connectivity index (χ1) is 10.2. The number of hydrogen-bond acceptors (Lipinski definition) is 3. The molecule has 1 aliphatic carbocycles. The second-order valence-electron chi connectivity index (χ2n) is 5.28. The van der Waals surface area contributed by atoms with Gasteiger partial charge < -0.3 is 0 Å². The zero-order chi connectivity index (χ0) is 14.4. The smallest absolute Gasteiger partial charge is 0.281 e. The first-order valence-electron chi connectivity index (χ1n) is 6.99. The van der Waals surface area contributed by atoms with Crippen LogP contribution in [0.2, 0.25) is 5.02 Å². The average Bonchev–Trinajstić information content (AvgIpc) is 2.85. The van der Waals surface area contributed by atoms with E-state index in [1.54, 1.807) is 18.2 Å². The van der Waals surface area contributed by atoms with Crippen molar-refractivity contribution in [3.05, 3.63) is 50.9 Å². The van der Waals surface area contributed by atoms with E-state index in [0.717, 1.165) is 36.9 Å². The Kier molecular flexibility index (Phi) is 2.82. The van der Waals surface area contributed by atoms with Crippen LogP contribution in [0.1, 0.15) is 24.1 Å². The molecule has 106 valence electrons. The van der Waals surface area contributed by atoms with Gasteiger partial charge in [0.25, 0.3) is 0 Å². The Bertz CT molecular complexity index is 851. The normalized spacial score (nSPS) is 14.3. The fourth-order valence-electron chi connectivity index (χ4n) is 2.89. The highest BCUT2D eigenvalue weighted by Gasteiger charge is 2.25. The van der Waals surface area contributed by atoms with Gasteiger partial charge in [0, 0.05) is 16.3 Å². The van der Waals surface area contributed by atoms with Crippen LogP contribution in [0.5, 0.6) is 0 Å². The van der Waals surface area contributed by atoms with Gasteiger partial charge in [0.15, 0.2) is 5.69 Å². The third kappa shape index (κ3) is 1.96. The minimum absolute atomic E-state index is 0.211. The molecule has 0 amide bonds. The number of nitrogens with zero attached hydrogens (tertiary/aromatic N) is 3. The predicted octanol–water partition coefficient (Wildman–Crippen LogP) is 2.59. The zero-order valence-electron chi connectivity index (χ0n) is 11.3. The summed E-state index contributed by atoms with van der Waals surface area (Å²) in [4.78, 5) is 12.5. The van der Waals surface area contributed by atoms with Gasteiger partial charge in [0.05, 0.1) is 5.69 Å². The van der Waals surface area contributed by atoms with Crippen molar-refractivity contribution < 1.29 is 0 Å². The van der Waals surface area contributed by atoms with E-state index >= 15 is 0 Å². The van der Waals surface area contributed by atoms with Gasteiger partial charge in [-0.05, 0) is 43.9 Å². The highest BCUT2D eigenvalue weighted by molar-refractivity contribution is 6.30. The van der Waals surface area contributed by atoms with Gasteiger partial charge in [-0.15, -0.1) is 0 Å². The summed E-state index contributed by atoms with van der Waals surface area (Å²) in [6.07, 6.45) is 4.18. The van der Waals surface area contributed by atoms with Crippen LogP contribution in [-0.4, -0.2) is 20.0 Å². The summed E-state index contributed by atoms with van der Waals surface area (Å²) >= 11 is 6.00. The number of benzene rings is 1. The van der Waals surface area contributed by atoms with Gasteiger partial charge in [-0.2, -0.15) is 14.9 Å². The molecular weight excluding hydrogens is 288 g/mol. The summed E-state index contributed by atoms with van der Waals surface area (Å²) in [5, 5.41) is 12.3. The lowest BCUT2D eigenvalue weighted by atomic mass is 9.94. The van der Waals surface area contributed by atoms with Gasteiger partial charge in [-0.1, -0.05) is 17.7 Å². The Morgan fingerprint density at radius 1 is 1.19 bits per heavy atom. The predicted molar refractivity (Wildman–Crippen MR) is 80.3 cm³/mol.